The zero-order valence-electron chi connectivity index (χ0n) is 11.0. The highest BCUT2D eigenvalue weighted by Crippen LogP contribution is 2.24. The molecule has 2 rings (SSSR count). The number of nitrogens with zero attached hydrogens (tertiary/aromatic N) is 1. The molecular weight excluding hydrogens is 288 g/mol. The van der Waals surface area contributed by atoms with E-state index in [1.165, 1.54) is 4.31 Å². The number of halogens is 1. The molecule has 0 saturated carbocycles. The Morgan fingerprint density at radius 2 is 1.89 bits per heavy atom. The second-order valence-electron chi connectivity index (χ2n) is 4.29. The van der Waals surface area contributed by atoms with Gasteiger partial charge >= 0.3 is 0 Å². The number of nitrogens with one attached hydrogen (secondary N) is 1. The van der Waals surface area contributed by atoms with E-state index in [0.29, 0.717) is 42.4 Å². The number of sulfonamides is 1. The third-order valence-corrected chi connectivity index (χ3v) is 5.13. The van der Waals surface area contributed by atoms with Gasteiger partial charge < -0.3 is 10.1 Å². The Hall–Kier alpha value is -0.820. The molecule has 7 heteroatoms. The van der Waals surface area contributed by atoms with Crippen LogP contribution in [0.15, 0.2) is 23.1 Å². The van der Waals surface area contributed by atoms with E-state index in [1.54, 1.807) is 32.2 Å². The number of hydrogen-bond donors (Lipinski definition) is 1. The van der Waals surface area contributed by atoms with Crippen molar-refractivity contribution in [2.75, 3.05) is 33.3 Å². The van der Waals surface area contributed by atoms with Gasteiger partial charge in [-0.2, -0.15) is 4.31 Å². The number of hydrogen-bond acceptors (Lipinski definition) is 4. The van der Waals surface area contributed by atoms with Gasteiger partial charge in [0.05, 0.1) is 12.0 Å². The van der Waals surface area contributed by atoms with E-state index >= 15 is 0 Å². The third-order valence-electron chi connectivity index (χ3n) is 3.08. The van der Waals surface area contributed by atoms with Crippen molar-refractivity contribution < 1.29 is 13.2 Å². The monoisotopic (exact) mass is 306 g/mol. The summed E-state index contributed by atoms with van der Waals surface area (Å²) in [5, 5.41) is 3.15. The van der Waals surface area contributed by atoms with Gasteiger partial charge in [0.25, 0.3) is 0 Å². The number of methoxy groups -OCH3 is 1. The Balaban J connectivity index is 0.00000180. The van der Waals surface area contributed by atoms with Crippen LogP contribution < -0.4 is 10.1 Å². The molecule has 0 spiro atoms. The number of ether oxygens (including phenoxy) is 1. The van der Waals surface area contributed by atoms with E-state index in [9.17, 15) is 8.42 Å². The van der Waals surface area contributed by atoms with Crippen molar-refractivity contribution in [3.05, 3.63) is 23.8 Å². The molecule has 5 nitrogen and oxygen atoms in total. The number of rotatable bonds is 3. The van der Waals surface area contributed by atoms with Crippen LogP contribution in [0, 0.1) is 6.92 Å². The molecule has 1 N–H and O–H groups in total. The second-order valence-corrected chi connectivity index (χ2v) is 6.19. The van der Waals surface area contributed by atoms with Crippen LogP contribution in [0.4, 0.5) is 0 Å². The lowest BCUT2D eigenvalue weighted by Gasteiger charge is -2.27. The lowest BCUT2D eigenvalue weighted by molar-refractivity contribution is 0.360. The van der Waals surface area contributed by atoms with Crippen LogP contribution in [-0.2, 0) is 10.0 Å². The summed E-state index contributed by atoms with van der Waals surface area (Å²) in [6.07, 6.45) is 0. The molecule has 0 aliphatic carbocycles. The molecule has 0 radical (unpaired) electrons. The van der Waals surface area contributed by atoms with E-state index in [1.807, 2.05) is 0 Å². The van der Waals surface area contributed by atoms with Crippen molar-refractivity contribution in [1.29, 1.82) is 0 Å². The van der Waals surface area contributed by atoms with Gasteiger partial charge in [-0.3, -0.25) is 0 Å². The summed E-state index contributed by atoms with van der Waals surface area (Å²) < 4.78 is 31.5. The molecule has 0 aromatic heterocycles. The summed E-state index contributed by atoms with van der Waals surface area (Å²) in [6.45, 7) is 4.24. The van der Waals surface area contributed by atoms with Gasteiger partial charge in [-0.1, -0.05) is 0 Å². The molecule has 1 aromatic carbocycles. The fraction of sp³-hybridized carbons (Fsp3) is 0.500. The van der Waals surface area contributed by atoms with Gasteiger partial charge in [0, 0.05) is 26.2 Å². The van der Waals surface area contributed by atoms with Crippen LogP contribution in [0.2, 0.25) is 0 Å². The Labute approximate surface area is 120 Å². The van der Waals surface area contributed by atoms with E-state index in [0.717, 1.165) is 0 Å². The van der Waals surface area contributed by atoms with E-state index < -0.39 is 10.0 Å². The summed E-state index contributed by atoms with van der Waals surface area (Å²) in [7, 11) is -1.81. The Bertz CT molecular complexity index is 528. The minimum atomic E-state index is -3.38. The Kier molecular flexibility index (Phi) is 5.61. The van der Waals surface area contributed by atoms with Gasteiger partial charge in [-0.05, 0) is 30.7 Å². The van der Waals surface area contributed by atoms with Crippen LogP contribution in [0.5, 0.6) is 5.75 Å². The highest BCUT2D eigenvalue weighted by molar-refractivity contribution is 7.89. The van der Waals surface area contributed by atoms with Gasteiger partial charge in [0.2, 0.25) is 10.0 Å². The van der Waals surface area contributed by atoms with E-state index in [4.69, 9.17) is 4.74 Å². The summed E-state index contributed by atoms with van der Waals surface area (Å²) >= 11 is 0. The molecule has 0 atom stereocenters. The normalized spacial score (nSPS) is 16.7. The average Bonchev–Trinajstić information content (AvgIpc) is 2.39. The van der Waals surface area contributed by atoms with Crippen molar-refractivity contribution in [3.8, 4) is 5.75 Å². The van der Waals surface area contributed by atoms with Crippen molar-refractivity contribution in [2.45, 2.75) is 11.8 Å². The topological polar surface area (TPSA) is 58.6 Å². The summed E-state index contributed by atoms with van der Waals surface area (Å²) in [6, 6.07) is 5.04. The number of piperazine rings is 1. The number of aryl methyl sites for hydroxylation is 1. The maximum Gasteiger partial charge on any atom is 0.243 e. The molecule has 1 heterocycles. The van der Waals surface area contributed by atoms with Crippen LogP contribution in [0.3, 0.4) is 0 Å². The zero-order valence-corrected chi connectivity index (χ0v) is 12.7. The highest BCUT2D eigenvalue weighted by atomic mass is 35.5. The lowest BCUT2D eigenvalue weighted by Crippen LogP contribution is -2.46. The fourth-order valence-electron chi connectivity index (χ4n) is 2.06. The predicted molar refractivity (Wildman–Crippen MR) is 76.6 cm³/mol. The van der Waals surface area contributed by atoms with Crippen molar-refractivity contribution in [2.24, 2.45) is 0 Å². The molecule has 19 heavy (non-hydrogen) atoms. The summed E-state index contributed by atoms with van der Waals surface area (Å²) in [5.74, 6) is 0.673. The highest BCUT2D eigenvalue weighted by Gasteiger charge is 2.27. The zero-order chi connectivity index (χ0) is 13.2. The molecule has 108 valence electrons. The maximum absolute atomic E-state index is 12.5. The van der Waals surface area contributed by atoms with Gasteiger partial charge in [-0.25, -0.2) is 8.42 Å². The van der Waals surface area contributed by atoms with Crippen molar-refractivity contribution in [3.63, 3.8) is 0 Å². The third kappa shape index (κ3) is 3.39. The van der Waals surface area contributed by atoms with Gasteiger partial charge in [0.1, 0.15) is 5.75 Å². The first-order chi connectivity index (χ1) is 8.55. The smallest absolute Gasteiger partial charge is 0.243 e. The van der Waals surface area contributed by atoms with Gasteiger partial charge in [-0.15, -0.1) is 12.4 Å². The lowest BCUT2D eigenvalue weighted by atomic mass is 10.2. The molecule has 0 unspecified atom stereocenters. The predicted octanol–water partition coefficient (Wildman–Crippen LogP) is 1.02. The van der Waals surface area contributed by atoms with Crippen LogP contribution in [0.25, 0.3) is 0 Å². The molecule has 0 bridgehead atoms. The van der Waals surface area contributed by atoms with E-state index in [-0.39, 0.29) is 12.4 Å². The molecule has 1 aliphatic rings. The van der Waals surface area contributed by atoms with E-state index in [2.05, 4.69) is 5.32 Å². The number of benzene rings is 1. The molecule has 1 aliphatic heterocycles. The Morgan fingerprint density at radius 1 is 1.26 bits per heavy atom. The van der Waals surface area contributed by atoms with Crippen molar-refractivity contribution in [1.82, 2.24) is 9.62 Å². The average molecular weight is 307 g/mol. The maximum atomic E-state index is 12.5. The van der Waals surface area contributed by atoms with Crippen LogP contribution in [0.1, 0.15) is 5.56 Å². The minimum Gasteiger partial charge on any atom is -0.497 e. The Morgan fingerprint density at radius 3 is 2.42 bits per heavy atom. The summed E-state index contributed by atoms with van der Waals surface area (Å²) in [4.78, 5) is 0.366. The first kappa shape index (κ1) is 16.2. The first-order valence-corrected chi connectivity index (χ1v) is 7.35. The van der Waals surface area contributed by atoms with Crippen LogP contribution in [-0.4, -0.2) is 46.0 Å². The molecule has 0 amide bonds. The van der Waals surface area contributed by atoms with Crippen molar-refractivity contribution >= 4 is 22.4 Å². The molecule has 1 aromatic rings. The largest absolute Gasteiger partial charge is 0.497 e. The molecule has 1 fully saturated rings. The van der Waals surface area contributed by atoms with Gasteiger partial charge in [0.15, 0.2) is 0 Å². The molecule has 1 saturated heterocycles. The quantitative estimate of drug-likeness (QED) is 0.906. The standard InChI is InChI=1S/C12H18N2O3S.ClH/c1-10-9-11(17-2)3-4-12(10)18(15,16)14-7-5-13-6-8-14;/h3-4,9,13H,5-8H2,1-2H3;1H. The van der Waals surface area contributed by atoms with Crippen LogP contribution >= 0.6 is 12.4 Å². The fourth-order valence-corrected chi connectivity index (χ4v) is 3.71. The SMILES string of the molecule is COc1ccc(S(=O)(=O)N2CCNCC2)c(C)c1.Cl. The first-order valence-electron chi connectivity index (χ1n) is 5.91. The molecular formula is C12H19ClN2O3S. The second kappa shape index (κ2) is 6.56. The summed E-state index contributed by atoms with van der Waals surface area (Å²) in [5.41, 5.74) is 0.716. The minimum absolute atomic E-state index is 0.